The van der Waals surface area contributed by atoms with Crippen molar-refractivity contribution < 1.29 is 49.1 Å². The monoisotopic (exact) mass is 633 g/mol. The molecule has 0 radical (unpaired) electrons. The molecule has 1 aliphatic carbocycles. The molecule has 1 aliphatic rings. The SMILES string of the molecule is CCNC(=O)O[C@@H]1C(=O)/C(C(N)=O)=C(/O)[C@@H](N(C)C)C[C@@H](O)C[C@@H](C)c2ccc(NC(=O)NC(C)(C)C)c(O)c2C(=O)/C=C/1O. The Morgan fingerprint density at radius 2 is 1.71 bits per heavy atom. The summed E-state index contributed by atoms with van der Waals surface area (Å²) < 4.78 is 5.06. The lowest BCUT2D eigenvalue weighted by Crippen LogP contribution is -2.43. The van der Waals surface area contributed by atoms with Crippen molar-refractivity contribution in [2.75, 3.05) is 26.0 Å². The summed E-state index contributed by atoms with van der Waals surface area (Å²) in [4.78, 5) is 66.1. The molecule has 2 rings (SSSR count). The molecule has 0 heterocycles. The Bertz CT molecular complexity index is 1400. The van der Waals surface area contributed by atoms with Crippen LogP contribution in [0.15, 0.2) is 35.3 Å². The smallest absolute Gasteiger partial charge is 0.408 e. The zero-order valence-electron chi connectivity index (χ0n) is 26.4. The average molecular weight is 634 g/mol. The van der Waals surface area contributed by atoms with Crippen LogP contribution in [0.1, 0.15) is 69.3 Å². The lowest BCUT2D eigenvalue weighted by Gasteiger charge is -2.29. The van der Waals surface area contributed by atoms with Gasteiger partial charge in [-0.3, -0.25) is 19.3 Å². The Morgan fingerprint density at radius 3 is 2.24 bits per heavy atom. The Kier molecular flexibility index (Phi) is 12.1. The number of rotatable bonds is 5. The predicted molar refractivity (Wildman–Crippen MR) is 164 cm³/mol. The highest BCUT2D eigenvalue weighted by molar-refractivity contribution is 6.22. The second-order valence-electron chi connectivity index (χ2n) is 12.0. The number of alkyl carbamates (subject to hydrolysis) is 1. The number of phenolic OH excluding ortho intramolecular Hbond substituents is 1. The van der Waals surface area contributed by atoms with Crippen molar-refractivity contribution in [2.24, 2.45) is 5.73 Å². The van der Waals surface area contributed by atoms with Crippen LogP contribution in [0.4, 0.5) is 15.3 Å². The fourth-order valence-electron chi connectivity index (χ4n) is 4.82. The number of aromatic hydroxyl groups is 1. The van der Waals surface area contributed by atoms with Crippen molar-refractivity contribution in [1.82, 2.24) is 15.5 Å². The van der Waals surface area contributed by atoms with Gasteiger partial charge in [-0.1, -0.05) is 13.0 Å². The van der Waals surface area contributed by atoms with E-state index in [-0.39, 0.29) is 36.2 Å². The molecule has 0 saturated heterocycles. The van der Waals surface area contributed by atoms with Crippen LogP contribution < -0.4 is 21.7 Å². The van der Waals surface area contributed by atoms with Gasteiger partial charge in [0.05, 0.1) is 23.4 Å². The van der Waals surface area contributed by atoms with Crippen LogP contribution in [0, 0.1) is 0 Å². The Balaban J connectivity index is 2.86. The molecule has 0 saturated carbocycles. The average Bonchev–Trinajstić information content (AvgIpc) is 2.89. The maximum Gasteiger partial charge on any atom is 0.408 e. The number of nitrogens with zero attached hydrogens (tertiary/aromatic N) is 1. The lowest BCUT2D eigenvalue weighted by atomic mass is 9.86. The van der Waals surface area contributed by atoms with Crippen molar-refractivity contribution in [2.45, 2.75) is 77.2 Å². The highest BCUT2D eigenvalue weighted by Crippen LogP contribution is 2.37. The minimum atomic E-state index is -2.33. The third kappa shape index (κ3) is 9.43. The van der Waals surface area contributed by atoms with Gasteiger partial charge in [-0.2, -0.15) is 0 Å². The number of nitrogens with one attached hydrogen (secondary N) is 3. The van der Waals surface area contributed by atoms with Gasteiger partial charge in [0, 0.05) is 18.2 Å². The van der Waals surface area contributed by atoms with E-state index in [0.29, 0.717) is 6.08 Å². The fraction of sp³-hybridized carbons (Fsp3) is 0.500. The van der Waals surface area contributed by atoms with Gasteiger partial charge < -0.3 is 46.8 Å². The number of ether oxygens (including phenoxy) is 1. The number of carbonyl (C=O) groups excluding carboxylic acids is 5. The first-order valence-electron chi connectivity index (χ1n) is 14.2. The summed E-state index contributed by atoms with van der Waals surface area (Å²) in [7, 11) is 3.03. The van der Waals surface area contributed by atoms with Crippen LogP contribution >= 0.6 is 0 Å². The molecule has 45 heavy (non-hydrogen) atoms. The van der Waals surface area contributed by atoms with Crippen molar-refractivity contribution in [3.63, 3.8) is 0 Å². The molecule has 0 bridgehead atoms. The number of primary amides is 1. The van der Waals surface area contributed by atoms with E-state index in [2.05, 4.69) is 16.0 Å². The summed E-state index contributed by atoms with van der Waals surface area (Å²) >= 11 is 0. The number of Topliss-reactive ketones (excluding diaryl/α,β-unsaturated/α-hetero) is 1. The quantitative estimate of drug-likeness (QED) is 0.172. The predicted octanol–water partition coefficient (Wildman–Crippen LogP) is 2.11. The molecular formula is C30H43N5O10. The number of carbonyl (C=O) groups is 5. The molecule has 15 heteroatoms. The maximum atomic E-state index is 13.7. The van der Waals surface area contributed by atoms with Gasteiger partial charge in [0.25, 0.3) is 5.91 Å². The first-order chi connectivity index (χ1) is 20.8. The number of urea groups is 1. The van der Waals surface area contributed by atoms with E-state index >= 15 is 0 Å². The molecule has 1 aromatic carbocycles. The number of amides is 4. The Labute approximate surface area is 261 Å². The number of benzene rings is 1. The van der Waals surface area contributed by atoms with Gasteiger partial charge in [-0.25, -0.2) is 9.59 Å². The van der Waals surface area contributed by atoms with Gasteiger partial charge >= 0.3 is 12.1 Å². The number of aliphatic hydroxyl groups is 3. The molecule has 0 fully saturated rings. The number of phenols is 1. The lowest BCUT2D eigenvalue weighted by molar-refractivity contribution is -0.126. The summed E-state index contributed by atoms with van der Waals surface area (Å²) in [5, 5.41) is 51.7. The van der Waals surface area contributed by atoms with Gasteiger partial charge in [0.2, 0.25) is 11.9 Å². The Hall–Kier alpha value is -4.63. The van der Waals surface area contributed by atoms with Crippen molar-refractivity contribution in [3.05, 3.63) is 46.4 Å². The first-order valence-corrected chi connectivity index (χ1v) is 14.2. The van der Waals surface area contributed by atoms with E-state index in [1.807, 2.05) is 0 Å². The summed E-state index contributed by atoms with van der Waals surface area (Å²) in [5.74, 6) is -7.23. The van der Waals surface area contributed by atoms with Crippen LogP contribution in [0.25, 0.3) is 0 Å². The van der Waals surface area contributed by atoms with Gasteiger partial charge in [0.1, 0.15) is 17.1 Å². The van der Waals surface area contributed by atoms with E-state index in [0.717, 1.165) is 0 Å². The molecule has 0 unspecified atom stereocenters. The number of likely N-dealkylation sites (N-methyl/N-ethyl adjacent to an activating group) is 1. The number of aliphatic hydroxyl groups excluding tert-OH is 3. The third-order valence-corrected chi connectivity index (χ3v) is 6.86. The number of fused-ring (bicyclic) bond motifs is 1. The standard InChI is InChI=1S/C30H43N5O10/c1-8-32-29(44)45-26-20(38)13-19(37)21-16(9-10-17(23(21)39)33-28(43)34-30(3,4)5)14(2)11-15(36)12-18(35(6)7)24(40)22(25(26)41)27(31)42/h9-10,13-15,18,26,36,38-40H,8,11-12H2,1-7H3,(H2,31,42)(H,32,44)(H2,33,34,43)/b20-13-,24-22-/t14-,15+,18+,26+/m1/s1. The number of allylic oxidation sites excluding steroid dienone is 1. The zero-order chi connectivity index (χ0) is 34.4. The van der Waals surface area contributed by atoms with Crippen molar-refractivity contribution in [3.8, 4) is 5.75 Å². The van der Waals surface area contributed by atoms with E-state index in [1.54, 1.807) is 27.7 Å². The van der Waals surface area contributed by atoms with Crippen LogP contribution in [-0.4, -0.2) is 99.4 Å². The molecule has 1 aromatic rings. The Morgan fingerprint density at radius 1 is 1.09 bits per heavy atom. The minimum Gasteiger partial charge on any atom is -0.510 e. The number of anilines is 1. The summed E-state index contributed by atoms with van der Waals surface area (Å²) in [6.45, 7) is 8.45. The molecule has 248 valence electrons. The molecule has 4 amide bonds. The molecule has 0 aliphatic heterocycles. The third-order valence-electron chi connectivity index (χ3n) is 6.86. The fourth-order valence-corrected chi connectivity index (χ4v) is 4.82. The number of hydrogen-bond donors (Lipinski definition) is 8. The molecule has 9 N–H and O–H groups in total. The second kappa shape index (κ2) is 14.9. The highest BCUT2D eigenvalue weighted by atomic mass is 16.6. The summed E-state index contributed by atoms with van der Waals surface area (Å²) in [6.07, 6.45) is -4.46. The van der Waals surface area contributed by atoms with Crippen molar-refractivity contribution in [1.29, 1.82) is 0 Å². The van der Waals surface area contributed by atoms with Crippen molar-refractivity contribution >= 4 is 35.3 Å². The van der Waals surface area contributed by atoms with Crippen LogP contribution in [0.5, 0.6) is 5.75 Å². The molecule has 4 atom stereocenters. The van der Waals surface area contributed by atoms with Gasteiger partial charge in [0.15, 0.2) is 11.5 Å². The van der Waals surface area contributed by atoms with E-state index in [1.165, 1.54) is 38.1 Å². The first kappa shape index (κ1) is 36.6. The van der Waals surface area contributed by atoms with Gasteiger partial charge in [-0.05, 0) is 72.2 Å². The number of hydrogen-bond acceptors (Lipinski definition) is 11. The van der Waals surface area contributed by atoms with Crippen LogP contribution in [0.3, 0.4) is 0 Å². The number of nitrogens with two attached hydrogens (primary N) is 1. The molecular weight excluding hydrogens is 590 g/mol. The van der Waals surface area contributed by atoms with Crippen LogP contribution in [-0.2, 0) is 14.3 Å². The zero-order valence-corrected chi connectivity index (χ0v) is 26.4. The maximum absolute atomic E-state index is 13.7. The van der Waals surface area contributed by atoms with E-state index < -0.39 is 82.1 Å². The van der Waals surface area contributed by atoms with Gasteiger partial charge in [-0.15, -0.1) is 0 Å². The van der Waals surface area contributed by atoms with E-state index in [9.17, 15) is 44.4 Å². The van der Waals surface area contributed by atoms with E-state index in [4.69, 9.17) is 10.5 Å². The molecule has 15 nitrogen and oxygen atoms in total. The normalized spacial score (nSPS) is 24.5. The minimum absolute atomic E-state index is 0.0207. The summed E-state index contributed by atoms with van der Waals surface area (Å²) in [5.41, 5.74) is 3.47. The largest absolute Gasteiger partial charge is 0.510 e. The second-order valence-corrected chi connectivity index (χ2v) is 12.0. The summed E-state index contributed by atoms with van der Waals surface area (Å²) in [6, 6.07) is 0.989. The number of ketones is 2. The van der Waals surface area contributed by atoms with Crippen LogP contribution in [0.2, 0.25) is 0 Å². The topological polar surface area (TPSA) is 241 Å². The molecule has 0 aromatic heterocycles. The molecule has 0 spiro atoms. The highest BCUT2D eigenvalue weighted by Gasteiger charge is 2.38.